The van der Waals surface area contributed by atoms with E-state index in [4.69, 9.17) is 10.5 Å². The number of carbonyl (C=O) groups excluding carboxylic acids is 1. The quantitative estimate of drug-likeness (QED) is 0.801. The van der Waals surface area contributed by atoms with E-state index in [1.165, 1.54) is 7.11 Å². The van der Waals surface area contributed by atoms with Crippen molar-refractivity contribution in [3.05, 3.63) is 41.7 Å². The summed E-state index contributed by atoms with van der Waals surface area (Å²) in [6, 6.07) is 6.77. The van der Waals surface area contributed by atoms with Crippen LogP contribution in [0.2, 0.25) is 0 Å². The largest absolute Gasteiger partial charge is 0.495 e. The van der Waals surface area contributed by atoms with Gasteiger partial charge in [0.05, 0.1) is 25.0 Å². The van der Waals surface area contributed by atoms with Crippen LogP contribution in [0.4, 0.5) is 5.69 Å². The average Bonchev–Trinajstić information content (AvgIpc) is 2.82. The van der Waals surface area contributed by atoms with Crippen molar-refractivity contribution >= 4 is 11.6 Å². The maximum atomic E-state index is 12.0. The van der Waals surface area contributed by atoms with Gasteiger partial charge in [-0.25, -0.2) is 0 Å². The Morgan fingerprint density at radius 3 is 2.89 bits per heavy atom. The molecule has 19 heavy (non-hydrogen) atoms. The average molecular weight is 260 g/mol. The zero-order valence-electron chi connectivity index (χ0n) is 10.9. The molecule has 0 aliphatic heterocycles. The number of rotatable bonds is 4. The second-order valence-electron chi connectivity index (χ2n) is 4.12. The second kappa shape index (κ2) is 5.43. The molecule has 2 rings (SSSR count). The highest BCUT2D eigenvalue weighted by atomic mass is 16.5. The van der Waals surface area contributed by atoms with Gasteiger partial charge < -0.3 is 15.8 Å². The van der Waals surface area contributed by atoms with Gasteiger partial charge in [-0.1, -0.05) is 0 Å². The van der Waals surface area contributed by atoms with Crippen molar-refractivity contribution in [1.82, 2.24) is 15.1 Å². The Kier molecular flexibility index (Phi) is 3.70. The predicted molar refractivity (Wildman–Crippen MR) is 71.8 cm³/mol. The zero-order chi connectivity index (χ0) is 13.8. The van der Waals surface area contributed by atoms with E-state index in [1.807, 2.05) is 19.3 Å². The van der Waals surface area contributed by atoms with E-state index in [0.717, 1.165) is 5.69 Å². The Morgan fingerprint density at radius 2 is 2.26 bits per heavy atom. The summed E-state index contributed by atoms with van der Waals surface area (Å²) in [7, 11) is 3.34. The molecule has 1 heterocycles. The van der Waals surface area contributed by atoms with Crippen LogP contribution >= 0.6 is 0 Å². The van der Waals surface area contributed by atoms with Gasteiger partial charge >= 0.3 is 0 Å². The minimum absolute atomic E-state index is 0.191. The molecule has 1 amide bonds. The molecule has 0 saturated heterocycles. The number of nitrogens with two attached hydrogens (primary N) is 1. The molecule has 6 nitrogen and oxygen atoms in total. The number of benzene rings is 1. The summed E-state index contributed by atoms with van der Waals surface area (Å²) in [4.78, 5) is 12.0. The standard InChI is InChI=1S/C13H16N4O2/c1-17-6-5-10(16-17)8-15-13(18)9-3-4-11(14)12(7-9)19-2/h3-7H,8,14H2,1-2H3,(H,15,18). The third-order valence-electron chi connectivity index (χ3n) is 2.69. The molecule has 0 atom stereocenters. The van der Waals surface area contributed by atoms with Gasteiger partial charge in [-0.3, -0.25) is 9.48 Å². The highest BCUT2D eigenvalue weighted by Crippen LogP contribution is 2.21. The lowest BCUT2D eigenvalue weighted by Crippen LogP contribution is -2.23. The molecular weight excluding hydrogens is 244 g/mol. The highest BCUT2D eigenvalue weighted by Gasteiger charge is 2.09. The first kappa shape index (κ1) is 12.9. The van der Waals surface area contributed by atoms with Gasteiger partial charge in [0.1, 0.15) is 5.75 Å². The van der Waals surface area contributed by atoms with Gasteiger partial charge in [-0.15, -0.1) is 0 Å². The molecule has 0 spiro atoms. The first-order valence-electron chi connectivity index (χ1n) is 5.80. The molecule has 0 aliphatic carbocycles. The van der Waals surface area contributed by atoms with Gasteiger partial charge in [0.15, 0.2) is 0 Å². The topological polar surface area (TPSA) is 82.2 Å². The minimum Gasteiger partial charge on any atom is -0.495 e. The van der Waals surface area contributed by atoms with Crippen LogP contribution in [0.5, 0.6) is 5.75 Å². The van der Waals surface area contributed by atoms with E-state index >= 15 is 0 Å². The lowest BCUT2D eigenvalue weighted by molar-refractivity contribution is 0.0950. The van der Waals surface area contributed by atoms with Gasteiger partial charge in [0.25, 0.3) is 5.91 Å². The van der Waals surface area contributed by atoms with Crippen LogP contribution in [-0.4, -0.2) is 22.8 Å². The first-order chi connectivity index (χ1) is 9.10. The zero-order valence-corrected chi connectivity index (χ0v) is 10.9. The summed E-state index contributed by atoms with van der Waals surface area (Å²) in [6.07, 6.45) is 1.83. The van der Waals surface area contributed by atoms with Crippen LogP contribution in [0.25, 0.3) is 0 Å². The number of hydrogen-bond donors (Lipinski definition) is 2. The van der Waals surface area contributed by atoms with Crippen LogP contribution in [-0.2, 0) is 13.6 Å². The molecular formula is C13H16N4O2. The molecule has 1 aromatic carbocycles. The van der Waals surface area contributed by atoms with Crippen molar-refractivity contribution in [2.24, 2.45) is 7.05 Å². The van der Waals surface area contributed by atoms with Gasteiger partial charge in [0, 0.05) is 18.8 Å². The number of carbonyl (C=O) groups is 1. The number of nitrogens with one attached hydrogen (secondary N) is 1. The lowest BCUT2D eigenvalue weighted by atomic mass is 10.2. The van der Waals surface area contributed by atoms with E-state index in [9.17, 15) is 4.79 Å². The summed E-state index contributed by atoms with van der Waals surface area (Å²) in [5.74, 6) is 0.300. The number of amides is 1. The molecule has 0 fully saturated rings. The molecule has 0 saturated carbocycles. The molecule has 2 aromatic rings. The van der Waals surface area contributed by atoms with E-state index in [2.05, 4.69) is 10.4 Å². The summed E-state index contributed by atoms with van der Waals surface area (Å²) in [5, 5.41) is 6.97. The lowest BCUT2D eigenvalue weighted by Gasteiger charge is -2.07. The molecule has 1 aromatic heterocycles. The van der Waals surface area contributed by atoms with E-state index in [-0.39, 0.29) is 5.91 Å². The van der Waals surface area contributed by atoms with Crippen molar-refractivity contribution in [2.75, 3.05) is 12.8 Å². The number of methoxy groups -OCH3 is 1. The summed E-state index contributed by atoms with van der Waals surface area (Å²) in [5.41, 5.74) is 7.51. The van der Waals surface area contributed by atoms with Crippen LogP contribution in [0, 0.1) is 0 Å². The smallest absolute Gasteiger partial charge is 0.251 e. The van der Waals surface area contributed by atoms with Gasteiger partial charge in [0.2, 0.25) is 0 Å². The summed E-state index contributed by atoms with van der Waals surface area (Å²) < 4.78 is 6.77. The fourth-order valence-electron chi connectivity index (χ4n) is 1.68. The number of ether oxygens (including phenoxy) is 1. The summed E-state index contributed by atoms with van der Waals surface area (Å²) >= 11 is 0. The number of nitrogens with zero attached hydrogens (tertiary/aromatic N) is 2. The second-order valence-corrected chi connectivity index (χ2v) is 4.12. The predicted octanol–water partition coefficient (Wildman–Crippen LogP) is 0.941. The fourth-order valence-corrected chi connectivity index (χ4v) is 1.68. The van der Waals surface area contributed by atoms with Crippen molar-refractivity contribution in [3.63, 3.8) is 0 Å². The SMILES string of the molecule is COc1cc(C(=O)NCc2ccn(C)n2)ccc1N. The Morgan fingerprint density at radius 1 is 1.47 bits per heavy atom. The highest BCUT2D eigenvalue weighted by molar-refractivity contribution is 5.95. The van der Waals surface area contributed by atoms with Crippen molar-refractivity contribution < 1.29 is 9.53 Å². The number of aromatic nitrogens is 2. The fraction of sp³-hybridized carbons (Fsp3) is 0.231. The van der Waals surface area contributed by atoms with Crippen LogP contribution < -0.4 is 15.8 Å². The molecule has 0 unspecified atom stereocenters. The molecule has 3 N–H and O–H groups in total. The van der Waals surface area contributed by atoms with Gasteiger partial charge in [-0.2, -0.15) is 5.10 Å². The minimum atomic E-state index is -0.191. The van der Waals surface area contributed by atoms with Crippen molar-refractivity contribution in [3.8, 4) is 5.75 Å². The number of aryl methyl sites for hydroxylation is 1. The van der Waals surface area contributed by atoms with Crippen LogP contribution in [0.15, 0.2) is 30.5 Å². The van der Waals surface area contributed by atoms with E-state index in [1.54, 1.807) is 22.9 Å². The Hall–Kier alpha value is -2.50. The number of nitrogen functional groups attached to an aromatic ring is 1. The number of anilines is 1. The van der Waals surface area contributed by atoms with Gasteiger partial charge in [-0.05, 0) is 24.3 Å². The Balaban J connectivity index is 2.03. The van der Waals surface area contributed by atoms with E-state index in [0.29, 0.717) is 23.5 Å². The third kappa shape index (κ3) is 3.04. The normalized spacial score (nSPS) is 10.2. The Bertz CT molecular complexity index is 592. The molecule has 6 heteroatoms. The summed E-state index contributed by atoms with van der Waals surface area (Å²) in [6.45, 7) is 0.381. The van der Waals surface area contributed by atoms with E-state index < -0.39 is 0 Å². The van der Waals surface area contributed by atoms with Crippen LogP contribution in [0.1, 0.15) is 16.1 Å². The molecule has 0 aliphatic rings. The number of hydrogen-bond acceptors (Lipinski definition) is 4. The molecule has 100 valence electrons. The Labute approximate surface area is 111 Å². The van der Waals surface area contributed by atoms with Crippen LogP contribution in [0.3, 0.4) is 0 Å². The maximum absolute atomic E-state index is 12.0. The molecule has 0 bridgehead atoms. The molecule has 0 radical (unpaired) electrons. The monoisotopic (exact) mass is 260 g/mol. The first-order valence-corrected chi connectivity index (χ1v) is 5.80. The third-order valence-corrected chi connectivity index (χ3v) is 2.69. The maximum Gasteiger partial charge on any atom is 0.251 e. The van der Waals surface area contributed by atoms with Crippen molar-refractivity contribution in [2.45, 2.75) is 6.54 Å². The van der Waals surface area contributed by atoms with Crippen molar-refractivity contribution in [1.29, 1.82) is 0 Å².